The molecule has 0 radical (unpaired) electrons. The molecule has 0 spiro atoms. The first-order valence-corrected chi connectivity index (χ1v) is 7.20. The fourth-order valence-corrected chi connectivity index (χ4v) is 1.84. The number of alkyl halides is 3. The molecule has 0 aromatic heterocycles. The normalized spacial score (nSPS) is 15.1. The number of carbonyl (C=O) groups is 1. The summed E-state index contributed by atoms with van der Waals surface area (Å²) < 4.78 is 57.7. The van der Waals surface area contributed by atoms with Gasteiger partial charge in [-0.3, -0.25) is 10.2 Å². The second kappa shape index (κ2) is 8.41. The first-order valence-electron chi connectivity index (χ1n) is 6.82. The molecule has 27 heavy (non-hydrogen) atoms. The summed E-state index contributed by atoms with van der Waals surface area (Å²) in [7, 11) is 0. The Morgan fingerprint density at radius 2 is 2.04 bits per heavy atom. The third-order valence-corrected chi connectivity index (χ3v) is 3.57. The van der Waals surface area contributed by atoms with E-state index in [4.69, 9.17) is 26.7 Å². The molecular weight excluding hydrogens is 404 g/mol. The summed E-state index contributed by atoms with van der Waals surface area (Å²) in [4.78, 5) is 14.5. The van der Waals surface area contributed by atoms with Crippen LogP contribution in [-0.2, 0) is 9.68 Å². The molecule has 4 N–H and O–H groups in total. The second-order valence-corrected chi connectivity index (χ2v) is 5.49. The molecule has 0 aliphatic heterocycles. The summed E-state index contributed by atoms with van der Waals surface area (Å²) in [5, 5.41) is 29.6. The molecule has 0 saturated heterocycles. The van der Waals surface area contributed by atoms with Gasteiger partial charge < -0.3 is 19.8 Å². The molecular formula is C14H13ClF4N2O6. The van der Waals surface area contributed by atoms with E-state index in [1.165, 1.54) is 0 Å². The highest BCUT2D eigenvalue weighted by atomic mass is 35.5. The lowest BCUT2D eigenvalue weighted by Gasteiger charge is -2.29. The number of benzene rings is 1. The van der Waals surface area contributed by atoms with Gasteiger partial charge in [-0.15, -0.1) is 0 Å². The van der Waals surface area contributed by atoms with Crippen molar-refractivity contribution in [3.05, 3.63) is 35.5 Å². The fourth-order valence-electron chi connectivity index (χ4n) is 1.65. The average molecular weight is 417 g/mol. The number of nitrogens with zero attached hydrogens (tertiary/aromatic N) is 1. The molecule has 13 heteroatoms. The highest BCUT2D eigenvalue weighted by Gasteiger charge is 2.58. The minimum absolute atomic E-state index is 0.115. The van der Waals surface area contributed by atoms with Crippen molar-refractivity contribution in [2.45, 2.75) is 18.7 Å². The number of aliphatic hydroxyl groups is 1. The van der Waals surface area contributed by atoms with Crippen molar-refractivity contribution in [1.82, 2.24) is 0 Å². The molecule has 0 amide bonds. The molecule has 8 nitrogen and oxygen atoms in total. The van der Waals surface area contributed by atoms with Crippen molar-refractivity contribution in [2.75, 3.05) is 5.43 Å². The predicted molar refractivity (Wildman–Crippen MR) is 84.8 cm³/mol. The number of ether oxygens (including phenoxy) is 1. The van der Waals surface area contributed by atoms with Gasteiger partial charge in [0.1, 0.15) is 5.82 Å². The Labute approximate surface area is 154 Å². The Morgan fingerprint density at radius 1 is 1.44 bits per heavy atom. The zero-order valence-corrected chi connectivity index (χ0v) is 14.2. The van der Waals surface area contributed by atoms with E-state index < -0.39 is 41.1 Å². The Bertz CT molecular complexity index is 758. The van der Waals surface area contributed by atoms with E-state index in [-0.39, 0.29) is 17.0 Å². The first-order chi connectivity index (χ1) is 12.3. The predicted octanol–water partition coefficient (Wildman–Crippen LogP) is 3.23. The van der Waals surface area contributed by atoms with Gasteiger partial charge in [0.25, 0.3) is 0 Å². The lowest BCUT2D eigenvalue weighted by Crippen LogP contribution is -2.54. The van der Waals surface area contributed by atoms with Crippen LogP contribution in [0.4, 0.5) is 23.2 Å². The van der Waals surface area contributed by atoms with Gasteiger partial charge in [0.05, 0.1) is 22.8 Å². The molecule has 2 atom stereocenters. The third-order valence-electron chi connectivity index (χ3n) is 3.28. The highest BCUT2D eigenvalue weighted by Crippen LogP contribution is 2.36. The van der Waals surface area contributed by atoms with Crippen LogP contribution in [0.2, 0.25) is 5.02 Å². The number of nitrogens with one attached hydrogen (secondary N) is 1. The van der Waals surface area contributed by atoms with Crippen molar-refractivity contribution < 1.29 is 47.5 Å². The van der Waals surface area contributed by atoms with Crippen LogP contribution in [0.15, 0.2) is 29.8 Å². The molecule has 2 unspecified atom stereocenters. The Morgan fingerprint density at radius 3 is 2.52 bits per heavy atom. The van der Waals surface area contributed by atoms with Crippen molar-refractivity contribution in [3.8, 4) is 5.75 Å². The Kier molecular flexibility index (Phi) is 7.00. The smallest absolute Gasteiger partial charge is 0.423 e. The van der Waals surface area contributed by atoms with Gasteiger partial charge in [-0.05, 0) is 19.6 Å². The quantitative estimate of drug-likeness (QED) is 0.169. The van der Waals surface area contributed by atoms with Crippen LogP contribution in [0.1, 0.15) is 6.92 Å². The summed E-state index contributed by atoms with van der Waals surface area (Å²) in [6.45, 7) is 3.73. The molecule has 0 fully saturated rings. The van der Waals surface area contributed by atoms with Gasteiger partial charge in [0.2, 0.25) is 5.60 Å². The molecule has 1 rings (SSSR count). The number of hydrazone groups is 1. The fraction of sp³-hybridized carbons (Fsp3) is 0.286. The lowest BCUT2D eigenvalue weighted by atomic mass is 9.89. The van der Waals surface area contributed by atoms with E-state index in [1.54, 1.807) is 0 Å². The number of hydrogen-bond donors (Lipinski definition) is 4. The van der Waals surface area contributed by atoms with E-state index in [0.717, 1.165) is 6.07 Å². The summed E-state index contributed by atoms with van der Waals surface area (Å²) in [5.41, 5.74) is -2.51. The van der Waals surface area contributed by atoms with Crippen LogP contribution < -0.4 is 10.2 Å². The van der Waals surface area contributed by atoms with Crippen LogP contribution in [0.25, 0.3) is 0 Å². The number of rotatable bonds is 8. The minimum Gasteiger partial charge on any atom is -0.481 e. The summed E-state index contributed by atoms with van der Waals surface area (Å²) in [6, 6.07) is 1.54. The topological polar surface area (TPSA) is 121 Å². The van der Waals surface area contributed by atoms with Crippen molar-refractivity contribution >= 4 is 29.5 Å². The van der Waals surface area contributed by atoms with Gasteiger partial charge in [0.15, 0.2) is 5.75 Å². The first kappa shape index (κ1) is 22.5. The van der Waals surface area contributed by atoms with E-state index in [0.29, 0.717) is 13.0 Å². The number of carboxylic acid groups (broad SMARTS) is 1. The van der Waals surface area contributed by atoms with Crippen LogP contribution in [0, 0.1) is 11.7 Å². The number of aliphatic carboxylic acids is 1. The average Bonchev–Trinajstić information content (AvgIpc) is 2.56. The minimum atomic E-state index is -5.38. The number of halogens is 5. The maximum atomic E-state index is 13.8. The molecule has 0 aliphatic carbocycles. The molecule has 0 aliphatic rings. The van der Waals surface area contributed by atoms with Crippen LogP contribution in [0.5, 0.6) is 5.75 Å². The maximum absolute atomic E-state index is 13.8. The van der Waals surface area contributed by atoms with E-state index in [9.17, 15) is 27.5 Å². The maximum Gasteiger partial charge on any atom is 0.423 e. The van der Waals surface area contributed by atoms with Gasteiger partial charge in [-0.25, -0.2) is 4.39 Å². The van der Waals surface area contributed by atoms with E-state index in [1.807, 2.05) is 5.43 Å². The second-order valence-electron chi connectivity index (χ2n) is 5.08. The Balaban J connectivity index is 3.15. The molecule has 0 saturated carbocycles. The van der Waals surface area contributed by atoms with Crippen LogP contribution in [0.3, 0.4) is 0 Å². The monoisotopic (exact) mass is 416 g/mol. The van der Waals surface area contributed by atoms with E-state index in [2.05, 4.69) is 16.6 Å². The number of carboxylic acids is 1. The van der Waals surface area contributed by atoms with Gasteiger partial charge in [0, 0.05) is 6.07 Å². The van der Waals surface area contributed by atoms with Crippen molar-refractivity contribution in [3.63, 3.8) is 0 Å². The molecule has 150 valence electrons. The summed E-state index contributed by atoms with van der Waals surface area (Å²) >= 11 is 5.68. The third kappa shape index (κ3) is 5.21. The highest BCUT2D eigenvalue weighted by molar-refractivity contribution is 6.32. The van der Waals surface area contributed by atoms with Gasteiger partial charge in [-0.1, -0.05) is 11.6 Å². The van der Waals surface area contributed by atoms with Crippen LogP contribution >= 0.6 is 11.6 Å². The number of hydrogen-bond acceptors (Lipinski definition) is 7. The van der Waals surface area contributed by atoms with Crippen molar-refractivity contribution in [1.29, 1.82) is 0 Å². The lowest BCUT2D eigenvalue weighted by molar-refractivity contribution is -0.245. The molecule has 0 heterocycles. The zero-order valence-electron chi connectivity index (χ0n) is 13.4. The van der Waals surface area contributed by atoms with Crippen molar-refractivity contribution in [2.24, 2.45) is 11.0 Å². The summed E-state index contributed by atoms with van der Waals surface area (Å²) in [6.07, 6.45) is -5.49. The molecule has 0 bridgehead atoms. The standard InChI is InChI=1S/C14H13ClF4N2O6/c1-6(12(22)23)13(24,14(17,18)19)5-20-21-10-4-11(26-7(2)27-25)8(15)3-9(10)16/h3-6,21,24-25H,2H2,1H3,(H,22,23)/b20-5-. The molecule has 1 aromatic rings. The Hall–Kier alpha value is -2.57. The van der Waals surface area contributed by atoms with Gasteiger partial charge in [-0.2, -0.15) is 23.5 Å². The molecule has 1 aromatic carbocycles. The SMILES string of the molecule is C=C(OO)Oc1cc(N/N=C\C(O)(C(C)C(=O)O)C(F)(F)F)c(F)cc1Cl. The zero-order chi connectivity index (χ0) is 21.0. The van der Waals surface area contributed by atoms with Crippen LogP contribution in [-0.4, -0.2) is 39.4 Å². The van der Waals surface area contributed by atoms with Gasteiger partial charge >= 0.3 is 18.1 Å². The van der Waals surface area contributed by atoms with E-state index >= 15 is 0 Å². The number of anilines is 1. The summed E-state index contributed by atoms with van der Waals surface area (Å²) in [5.74, 6) is -6.25. The largest absolute Gasteiger partial charge is 0.481 e.